The maximum Gasteiger partial charge on any atom is 0.253 e. The summed E-state index contributed by atoms with van der Waals surface area (Å²) in [6.45, 7) is 2.64. The molecule has 0 saturated carbocycles. The van der Waals surface area contributed by atoms with Crippen molar-refractivity contribution in [3.8, 4) is 5.75 Å². The predicted molar refractivity (Wildman–Crippen MR) is 104 cm³/mol. The minimum Gasteiger partial charge on any atom is -0.494 e. The van der Waals surface area contributed by atoms with Crippen molar-refractivity contribution in [3.05, 3.63) is 71.3 Å². The summed E-state index contributed by atoms with van der Waals surface area (Å²) in [7, 11) is 1.67. The van der Waals surface area contributed by atoms with E-state index in [2.05, 4.69) is 41.0 Å². The van der Waals surface area contributed by atoms with E-state index in [-0.39, 0.29) is 11.9 Å². The summed E-state index contributed by atoms with van der Waals surface area (Å²) in [6.07, 6.45) is 5.57. The van der Waals surface area contributed by atoms with Crippen LogP contribution in [0.2, 0.25) is 0 Å². The van der Waals surface area contributed by atoms with Gasteiger partial charge >= 0.3 is 0 Å². The number of carbonyl (C=O) groups excluding carboxylic acids is 1. The molecule has 2 aromatic rings. The van der Waals surface area contributed by atoms with E-state index in [1.807, 2.05) is 31.2 Å². The van der Waals surface area contributed by atoms with E-state index in [1.54, 1.807) is 7.05 Å². The topological polar surface area (TPSA) is 50.4 Å². The quantitative estimate of drug-likeness (QED) is 0.811. The summed E-state index contributed by atoms with van der Waals surface area (Å²) in [4.78, 5) is 12.4. The molecular formula is C22H24N2O2. The second-order valence-corrected chi connectivity index (χ2v) is 6.80. The van der Waals surface area contributed by atoms with Crippen molar-refractivity contribution in [2.24, 2.45) is 5.92 Å². The molecule has 4 nitrogen and oxygen atoms in total. The first-order valence-corrected chi connectivity index (χ1v) is 9.24. The average molecular weight is 348 g/mol. The van der Waals surface area contributed by atoms with Gasteiger partial charge in [0, 0.05) is 18.5 Å². The average Bonchev–Trinajstić information content (AvgIpc) is 3.17. The summed E-state index contributed by atoms with van der Waals surface area (Å²) in [5.74, 6) is 1.59. The molecule has 134 valence electrons. The Bertz CT molecular complexity index is 859. The van der Waals surface area contributed by atoms with Crippen LogP contribution in [-0.2, 0) is 0 Å². The zero-order chi connectivity index (χ0) is 18.1. The SMILES string of the molecule is CCOc1ccccc1C1Nc2c(C(=O)NC)cccc2C2C=CCC21. The third-order valence-electron chi connectivity index (χ3n) is 5.42. The predicted octanol–water partition coefficient (Wildman–Crippen LogP) is 4.27. The fourth-order valence-electron chi connectivity index (χ4n) is 4.28. The zero-order valence-electron chi connectivity index (χ0n) is 15.2. The Hall–Kier alpha value is -2.75. The monoisotopic (exact) mass is 348 g/mol. The minimum absolute atomic E-state index is 0.0633. The highest BCUT2D eigenvalue weighted by molar-refractivity contribution is 6.00. The van der Waals surface area contributed by atoms with Crippen molar-refractivity contribution in [3.63, 3.8) is 0 Å². The van der Waals surface area contributed by atoms with Crippen molar-refractivity contribution >= 4 is 11.6 Å². The van der Waals surface area contributed by atoms with Gasteiger partial charge < -0.3 is 15.4 Å². The maximum absolute atomic E-state index is 12.4. The number of para-hydroxylation sites is 2. The molecule has 0 spiro atoms. The van der Waals surface area contributed by atoms with Gasteiger partial charge in [-0.1, -0.05) is 42.5 Å². The third kappa shape index (κ3) is 2.66. The Kier molecular flexibility index (Phi) is 4.41. The number of allylic oxidation sites excluding steroid dienone is 2. The first-order chi connectivity index (χ1) is 12.7. The van der Waals surface area contributed by atoms with Gasteiger partial charge in [-0.05, 0) is 37.0 Å². The van der Waals surface area contributed by atoms with Crippen LogP contribution in [0.1, 0.15) is 46.8 Å². The Morgan fingerprint density at radius 1 is 1.19 bits per heavy atom. The molecule has 26 heavy (non-hydrogen) atoms. The second kappa shape index (κ2) is 6.87. The summed E-state index contributed by atoms with van der Waals surface area (Å²) in [6, 6.07) is 14.3. The molecule has 4 rings (SSSR count). The summed E-state index contributed by atoms with van der Waals surface area (Å²) in [5, 5.41) is 6.44. The molecule has 2 N–H and O–H groups in total. The number of anilines is 1. The molecule has 1 amide bonds. The maximum atomic E-state index is 12.4. The van der Waals surface area contributed by atoms with E-state index in [0.29, 0.717) is 24.0 Å². The van der Waals surface area contributed by atoms with Gasteiger partial charge in [0.05, 0.1) is 23.9 Å². The lowest BCUT2D eigenvalue weighted by Gasteiger charge is -2.38. The normalized spacial score (nSPS) is 22.9. The molecule has 3 atom stereocenters. The molecule has 1 aliphatic carbocycles. The van der Waals surface area contributed by atoms with Gasteiger partial charge in [0.2, 0.25) is 0 Å². The molecular weight excluding hydrogens is 324 g/mol. The number of nitrogens with one attached hydrogen (secondary N) is 2. The fourth-order valence-corrected chi connectivity index (χ4v) is 4.28. The van der Waals surface area contributed by atoms with E-state index in [9.17, 15) is 4.79 Å². The van der Waals surface area contributed by atoms with Crippen LogP contribution in [0, 0.1) is 5.92 Å². The molecule has 3 unspecified atom stereocenters. The smallest absolute Gasteiger partial charge is 0.253 e. The zero-order valence-corrected chi connectivity index (χ0v) is 15.2. The van der Waals surface area contributed by atoms with Crippen molar-refractivity contribution in [1.29, 1.82) is 0 Å². The van der Waals surface area contributed by atoms with Crippen molar-refractivity contribution in [1.82, 2.24) is 5.32 Å². The van der Waals surface area contributed by atoms with Gasteiger partial charge in [-0.15, -0.1) is 0 Å². The lowest BCUT2D eigenvalue weighted by Crippen LogP contribution is -2.31. The third-order valence-corrected chi connectivity index (χ3v) is 5.42. The van der Waals surface area contributed by atoms with Crippen LogP contribution in [0.4, 0.5) is 5.69 Å². The number of benzene rings is 2. The van der Waals surface area contributed by atoms with E-state index >= 15 is 0 Å². The summed E-state index contributed by atoms with van der Waals surface area (Å²) in [5.41, 5.74) is 4.00. The largest absolute Gasteiger partial charge is 0.494 e. The van der Waals surface area contributed by atoms with Crippen LogP contribution in [0.25, 0.3) is 0 Å². The molecule has 0 bridgehead atoms. The molecule has 2 aliphatic rings. The Labute approximate surface area is 154 Å². The van der Waals surface area contributed by atoms with Crippen molar-refractivity contribution in [2.75, 3.05) is 19.0 Å². The Morgan fingerprint density at radius 3 is 2.81 bits per heavy atom. The minimum atomic E-state index is -0.0633. The van der Waals surface area contributed by atoms with Crippen LogP contribution >= 0.6 is 0 Å². The lowest BCUT2D eigenvalue weighted by molar-refractivity contribution is 0.0963. The van der Waals surface area contributed by atoms with Crippen molar-refractivity contribution in [2.45, 2.75) is 25.3 Å². The molecule has 0 fully saturated rings. The highest BCUT2D eigenvalue weighted by atomic mass is 16.5. The van der Waals surface area contributed by atoms with Gasteiger partial charge in [-0.3, -0.25) is 4.79 Å². The van der Waals surface area contributed by atoms with Gasteiger partial charge in [0.25, 0.3) is 5.91 Å². The van der Waals surface area contributed by atoms with Crippen LogP contribution in [0.5, 0.6) is 5.75 Å². The number of amides is 1. The number of hydrogen-bond donors (Lipinski definition) is 2. The van der Waals surface area contributed by atoms with Crippen LogP contribution in [-0.4, -0.2) is 19.6 Å². The Morgan fingerprint density at radius 2 is 2.00 bits per heavy atom. The van der Waals surface area contributed by atoms with E-state index in [1.165, 1.54) is 5.56 Å². The van der Waals surface area contributed by atoms with Crippen LogP contribution in [0.3, 0.4) is 0 Å². The number of rotatable bonds is 4. The highest BCUT2D eigenvalue weighted by Crippen LogP contribution is 2.51. The van der Waals surface area contributed by atoms with Gasteiger partial charge in [0.15, 0.2) is 0 Å². The molecule has 1 heterocycles. The lowest BCUT2D eigenvalue weighted by atomic mass is 9.76. The van der Waals surface area contributed by atoms with E-state index < -0.39 is 0 Å². The Balaban J connectivity index is 1.83. The summed E-state index contributed by atoms with van der Waals surface area (Å²) >= 11 is 0. The highest BCUT2D eigenvalue weighted by Gasteiger charge is 2.40. The molecule has 0 radical (unpaired) electrons. The van der Waals surface area contributed by atoms with E-state index in [0.717, 1.165) is 23.4 Å². The summed E-state index contributed by atoms with van der Waals surface area (Å²) < 4.78 is 5.89. The molecule has 4 heteroatoms. The fraction of sp³-hybridized carbons (Fsp3) is 0.318. The van der Waals surface area contributed by atoms with Gasteiger partial charge in [-0.25, -0.2) is 0 Å². The van der Waals surface area contributed by atoms with Gasteiger partial charge in [0.1, 0.15) is 5.75 Å². The van der Waals surface area contributed by atoms with Gasteiger partial charge in [-0.2, -0.15) is 0 Å². The number of hydrogen-bond acceptors (Lipinski definition) is 3. The molecule has 1 aliphatic heterocycles. The standard InChI is InChI=1S/C22H24N2O2/c1-3-26-19-13-5-4-8-17(19)20-15-10-6-9-14(15)16-11-7-12-18(21(16)24-20)22(25)23-2/h4-9,11-15,20,24H,3,10H2,1-2H3,(H,23,25). The second-order valence-electron chi connectivity index (χ2n) is 6.80. The first kappa shape index (κ1) is 16.7. The first-order valence-electron chi connectivity index (χ1n) is 9.24. The number of ether oxygens (including phenoxy) is 1. The van der Waals surface area contributed by atoms with Crippen LogP contribution in [0.15, 0.2) is 54.6 Å². The van der Waals surface area contributed by atoms with Crippen LogP contribution < -0.4 is 15.4 Å². The number of carbonyl (C=O) groups is 1. The van der Waals surface area contributed by atoms with Crippen molar-refractivity contribution < 1.29 is 9.53 Å². The molecule has 0 aromatic heterocycles. The van der Waals surface area contributed by atoms with E-state index in [4.69, 9.17) is 4.74 Å². The number of fused-ring (bicyclic) bond motifs is 3. The molecule has 0 saturated heterocycles. The molecule has 2 aromatic carbocycles.